The third kappa shape index (κ3) is 3.74. The molecule has 2 rings (SSSR count). The molecule has 18 heavy (non-hydrogen) atoms. The van der Waals surface area contributed by atoms with Crippen LogP contribution in [0.1, 0.15) is 39.2 Å². The van der Waals surface area contributed by atoms with Crippen LogP contribution in [0.15, 0.2) is 24.3 Å². The second kappa shape index (κ2) is 5.75. The first-order valence-electron chi connectivity index (χ1n) is 6.87. The molecule has 0 amide bonds. The first-order chi connectivity index (χ1) is 8.55. The van der Waals surface area contributed by atoms with Gasteiger partial charge in [0.2, 0.25) is 0 Å². The van der Waals surface area contributed by atoms with Gasteiger partial charge in [-0.1, -0.05) is 32.9 Å². The predicted molar refractivity (Wildman–Crippen MR) is 74.2 cm³/mol. The molecule has 0 saturated carbocycles. The molecule has 0 radical (unpaired) electrons. The molecule has 0 aromatic heterocycles. The molecule has 1 fully saturated rings. The van der Waals surface area contributed by atoms with Crippen molar-refractivity contribution in [2.45, 2.75) is 39.0 Å². The van der Waals surface area contributed by atoms with Gasteiger partial charge in [0.1, 0.15) is 5.75 Å². The zero-order valence-electron chi connectivity index (χ0n) is 11.7. The Balaban J connectivity index is 1.86. The number of hydrogen-bond acceptors (Lipinski definition) is 2. The highest BCUT2D eigenvalue weighted by atomic mass is 16.5. The second-order valence-electron chi connectivity index (χ2n) is 6.14. The lowest BCUT2D eigenvalue weighted by atomic mass is 9.87. The minimum Gasteiger partial charge on any atom is -0.493 e. The molecular weight excluding hydrogens is 224 g/mol. The van der Waals surface area contributed by atoms with Crippen molar-refractivity contribution in [3.05, 3.63) is 29.8 Å². The summed E-state index contributed by atoms with van der Waals surface area (Å²) in [7, 11) is 0. The van der Waals surface area contributed by atoms with Crippen LogP contribution in [-0.4, -0.2) is 19.8 Å². The molecule has 1 aromatic rings. The van der Waals surface area contributed by atoms with Crippen molar-refractivity contribution in [3.8, 4) is 5.75 Å². The van der Waals surface area contributed by atoms with Crippen molar-refractivity contribution < 1.29 is 9.47 Å². The molecule has 0 unspecified atom stereocenters. The van der Waals surface area contributed by atoms with E-state index in [1.54, 1.807) is 0 Å². The lowest BCUT2D eigenvalue weighted by Gasteiger charge is -2.22. The van der Waals surface area contributed by atoms with Gasteiger partial charge in [-0.15, -0.1) is 0 Å². The second-order valence-corrected chi connectivity index (χ2v) is 6.14. The smallest absolute Gasteiger partial charge is 0.119 e. The SMILES string of the molecule is CC(C)(C)c1ccc(OCC2CCOCC2)cc1. The Labute approximate surface area is 110 Å². The van der Waals surface area contributed by atoms with Crippen molar-refractivity contribution in [2.24, 2.45) is 5.92 Å². The monoisotopic (exact) mass is 248 g/mol. The summed E-state index contributed by atoms with van der Waals surface area (Å²) < 4.78 is 11.2. The minimum absolute atomic E-state index is 0.208. The summed E-state index contributed by atoms with van der Waals surface area (Å²) in [6.45, 7) is 9.27. The molecule has 0 aliphatic carbocycles. The van der Waals surface area contributed by atoms with E-state index in [2.05, 4.69) is 45.0 Å². The van der Waals surface area contributed by atoms with Gasteiger partial charge in [0, 0.05) is 13.2 Å². The van der Waals surface area contributed by atoms with E-state index in [-0.39, 0.29) is 5.41 Å². The van der Waals surface area contributed by atoms with Crippen LogP contribution in [0.2, 0.25) is 0 Å². The third-order valence-electron chi connectivity index (χ3n) is 3.55. The Morgan fingerprint density at radius 2 is 1.72 bits per heavy atom. The largest absolute Gasteiger partial charge is 0.493 e. The lowest BCUT2D eigenvalue weighted by molar-refractivity contribution is 0.0497. The molecule has 2 nitrogen and oxygen atoms in total. The maximum Gasteiger partial charge on any atom is 0.119 e. The highest BCUT2D eigenvalue weighted by Gasteiger charge is 2.15. The highest BCUT2D eigenvalue weighted by molar-refractivity contribution is 5.31. The van der Waals surface area contributed by atoms with Crippen molar-refractivity contribution in [3.63, 3.8) is 0 Å². The van der Waals surface area contributed by atoms with Crippen molar-refractivity contribution in [1.29, 1.82) is 0 Å². The Bertz CT molecular complexity index is 356. The maximum atomic E-state index is 5.86. The molecule has 0 bridgehead atoms. The van der Waals surface area contributed by atoms with Gasteiger partial charge in [-0.2, -0.15) is 0 Å². The van der Waals surface area contributed by atoms with Gasteiger partial charge in [0.05, 0.1) is 6.61 Å². The van der Waals surface area contributed by atoms with E-state index in [4.69, 9.17) is 9.47 Å². The number of hydrogen-bond donors (Lipinski definition) is 0. The lowest BCUT2D eigenvalue weighted by Crippen LogP contribution is -2.21. The molecule has 0 N–H and O–H groups in total. The summed E-state index contributed by atoms with van der Waals surface area (Å²) >= 11 is 0. The van der Waals surface area contributed by atoms with Crippen molar-refractivity contribution in [1.82, 2.24) is 0 Å². The summed E-state index contributed by atoms with van der Waals surface area (Å²) in [5.74, 6) is 1.63. The number of benzene rings is 1. The van der Waals surface area contributed by atoms with Gasteiger partial charge < -0.3 is 9.47 Å². The minimum atomic E-state index is 0.208. The molecule has 2 heteroatoms. The molecule has 1 saturated heterocycles. The zero-order valence-corrected chi connectivity index (χ0v) is 11.7. The van der Waals surface area contributed by atoms with E-state index in [1.165, 1.54) is 5.56 Å². The predicted octanol–water partition coefficient (Wildman–Crippen LogP) is 3.79. The summed E-state index contributed by atoms with van der Waals surface area (Å²) in [6.07, 6.45) is 2.25. The van der Waals surface area contributed by atoms with Gasteiger partial charge in [0.15, 0.2) is 0 Å². The van der Waals surface area contributed by atoms with Crippen LogP contribution in [0.25, 0.3) is 0 Å². The normalized spacial score (nSPS) is 17.7. The van der Waals surface area contributed by atoms with Crippen LogP contribution in [0.4, 0.5) is 0 Å². The highest BCUT2D eigenvalue weighted by Crippen LogP contribution is 2.25. The number of ether oxygens (including phenoxy) is 2. The van der Waals surface area contributed by atoms with Crippen molar-refractivity contribution in [2.75, 3.05) is 19.8 Å². The van der Waals surface area contributed by atoms with E-state index < -0.39 is 0 Å². The van der Waals surface area contributed by atoms with Crippen LogP contribution < -0.4 is 4.74 Å². The molecule has 1 aromatic carbocycles. The summed E-state index contributed by atoms with van der Waals surface area (Å²) in [6, 6.07) is 8.50. The van der Waals surface area contributed by atoms with Gasteiger partial charge in [-0.25, -0.2) is 0 Å². The van der Waals surface area contributed by atoms with E-state index in [9.17, 15) is 0 Å². The fourth-order valence-electron chi connectivity index (χ4n) is 2.18. The van der Waals surface area contributed by atoms with E-state index >= 15 is 0 Å². The third-order valence-corrected chi connectivity index (χ3v) is 3.55. The van der Waals surface area contributed by atoms with Gasteiger partial charge in [-0.05, 0) is 41.9 Å². The first-order valence-corrected chi connectivity index (χ1v) is 6.87. The van der Waals surface area contributed by atoms with Gasteiger partial charge in [-0.3, -0.25) is 0 Å². The molecule has 1 aliphatic heterocycles. The van der Waals surface area contributed by atoms with E-state index in [0.29, 0.717) is 5.92 Å². The molecular formula is C16H24O2. The van der Waals surface area contributed by atoms with E-state index in [0.717, 1.165) is 38.4 Å². The van der Waals surface area contributed by atoms with Crippen LogP contribution in [0.3, 0.4) is 0 Å². The quantitative estimate of drug-likeness (QED) is 0.810. The Morgan fingerprint density at radius 3 is 2.28 bits per heavy atom. The molecule has 1 heterocycles. The molecule has 1 aliphatic rings. The summed E-state index contributed by atoms with van der Waals surface area (Å²) in [5.41, 5.74) is 1.56. The average Bonchev–Trinajstić information content (AvgIpc) is 2.37. The van der Waals surface area contributed by atoms with Crippen molar-refractivity contribution >= 4 is 0 Å². The zero-order chi connectivity index (χ0) is 13.0. The Hall–Kier alpha value is -1.02. The Morgan fingerprint density at radius 1 is 1.11 bits per heavy atom. The van der Waals surface area contributed by atoms with Crippen LogP contribution >= 0.6 is 0 Å². The standard InChI is InChI=1S/C16H24O2/c1-16(2,3)14-4-6-15(7-5-14)18-12-13-8-10-17-11-9-13/h4-7,13H,8-12H2,1-3H3. The topological polar surface area (TPSA) is 18.5 Å². The van der Waals surface area contributed by atoms with Crippen LogP contribution in [-0.2, 0) is 10.2 Å². The molecule has 0 atom stereocenters. The Kier molecular flexibility index (Phi) is 4.28. The van der Waals surface area contributed by atoms with Gasteiger partial charge >= 0.3 is 0 Å². The fourth-order valence-corrected chi connectivity index (χ4v) is 2.18. The fraction of sp³-hybridized carbons (Fsp3) is 0.625. The van der Waals surface area contributed by atoms with Crippen LogP contribution in [0.5, 0.6) is 5.75 Å². The van der Waals surface area contributed by atoms with E-state index in [1.807, 2.05) is 0 Å². The maximum absolute atomic E-state index is 5.86. The molecule has 0 spiro atoms. The summed E-state index contributed by atoms with van der Waals surface area (Å²) in [5, 5.41) is 0. The molecule has 100 valence electrons. The number of rotatable bonds is 3. The van der Waals surface area contributed by atoms with Crippen LogP contribution in [0, 0.1) is 5.92 Å². The average molecular weight is 248 g/mol. The first kappa shape index (κ1) is 13.4. The van der Waals surface area contributed by atoms with Gasteiger partial charge in [0.25, 0.3) is 0 Å². The summed E-state index contributed by atoms with van der Waals surface area (Å²) in [4.78, 5) is 0.